The van der Waals surface area contributed by atoms with Crippen LogP contribution in [-0.4, -0.2) is 41.1 Å². The highest BCUT2D eigenvalue weighted by molar-refractivity contribution is 7.80. The zero-order valence-corrected chi connectivity index (χ0v) is 13.3. The van der Waals surface area contributed by atoms with Crippen molar-refractivity contribution in [1.29, 1.82) is 0 Å². The molecule has 1 aromatic rings. The average Bonchev–Trinajstić information content (AvgIpc) is 3.13. The minimum Gasteiger partial charge on any atom is -0.389 e. The first kappa shape index (κ1) is 14.7. The Morgan fingerprint density at radius 1 is 1.29 bits per heavy atom. The number of pyridine rings is 1. The molecule has 0 radical (unpaired) electrons. The number of rotatable bonds is 6. The largest absolute Gasteiger partial charge is 0.389 e. The van der Waals surface area contributed by atoms with Crippen LogP contribution >= 0.6 is 12.2 Å². The second kappa shape index (κ2) is 6.71. The highest BCUT2D eigenvalue weighted by atomic mass is 32.1. The van der Waals surface area contributed by atoms with Crippen molar-refractivity contribution in [3.63, 3.8) is 0 Å². The third kappa shape index (κ3) is 3.52. The second-order valence-corrected chi connectivity index (χ2v) is 6.48. The van der Waals surface area contributed by atoms with Crippen LogP contribution in [0.5, 0.6) is 0 Å². The quantitative estimate of drug-likeness (QED) is 0.623. The minimum atomic E-state index is 0.444. The molecule has 2 heterocycles. The number of nitrogens with zero attached hydrogens (tertiary/aromatic N) is 2. The SMILES string of the molecule is NC(=S)c1cc2c(nc1NCCCN1CCCC1)CCC2. The summed E-state index contributed by atoms with van der Waals surface area (Å²) in [5.41, 5.74) is 9.30. The molecule has 0 unspecified atom stereocenters. The molecular weight excluding hydrogens is 280 g/mol. The van der Waals surface area contributed by atoms with E-state index in [1.165, 1.54) is 50.2 Å². The Balaban J connectivity index is 1.59. The van der Waals surface area contributed by atoms with Crippen molar-refractivity contribution in [3.8, 4) is 0 Å². The maximum atomic E-state index is 5.86. The van der Waals surface area contributed by atoms with Crippen LogP contribution in [0.2, 0.25) is 0 Å². The fourth-order valence-corrected chi connectivity index (χ4v) is 3.47. The van der Waals surface area contributed by atoms with E-state index in [-0.39, 0.29) is 0 Å². The predicted octanol–water partition coefficient (Wildman–Crippen LogP) is 2.10. The van der Waals surface area contributed by atoms with Crippen molar-refractivity contribution in [3.05, 3.63) is 22.9 Å². The van der Waals surface area contributed by atoms with Crippen molar-refractivity contribution < 1.29 is 0 Å². The van der Waals surface area contributed by atoms with Gasteiger partial charge in [0.15, 0.2) is 0 Å². The number of nitrogens with one attached hydrogen (secondary N) is 1. The molecule has 0 spiro atoms. The third-order valence-corrected chi connectivity index (χ3v) is 4.68. The van der Waals surface area contributed by atoms with Gasteiger partial charge in [-0.25, -0.2) is 4.98 Å². The van der Waals surface area contributed by atoms with Crippen LogP contribution in [0, 0.1) is 0 Å². The van der Waals surface area contributed by atoms with E-state index < -0.39 is 0 Å². The van der Waals surface area contributed by atoms with Gasteiger partial charge in [0, 0.05) is 12.2 Å². The summed E-state index contributed by atoms with van der Waals surface area (Å²) in [5.74, 6) is 0.879. The summed E-state index contributed by atoms with van der Waals surface area (Å²) in [6.07, 6.45) is 7.21. The van der Waals surface area contributed by atoms with E-state index in [0.717, 1.165) is 37.2 Å². The monoisotopic (exact) mass is 304 g/mol. The Morgan fingerprint density at radius 3 is 2.86 bits per heavy atom. The van der Waals surface area contributed by atoms with Crippen molar-refractivity contribution in [1.82, 2.24) is 9.88 Å². The van der Waals surface area contributed by atoms with Gasteiger partial charge in [0.2, 0.25) is 0 Å². The van der Waals surface area contributed by atoms with E-state index in [1.54, 1.807) is 0 Å². The van der Waals surface area contributed by atoms with Crippen molar-refractivity contribution in [2.24, 2.45) is 5.73 Å². The van der Waals surface area contributed by atoms with Gasteiger partial charge in [-0.15, -0.1) is 0 Å². The van der Waals surface area contributed by atoms with Gasteiger partial charge in [-0.1, -0.05) is 12.2 Å². The maximum Gasteiger partial charge on any atom is 0.136 e. The van der Waals surface area contributed by atoms with E-state index in [1.807, 2.05) is 0 Å². The van der Waals surface area contributed by atoms with Crippen LogP contribution in [-0.2, 0) is 12.8 Å². The third-order valence-electron chi connectivity index (χ3n) is 4.46. The Labute approximate surface area is 132 Å². The van der Waals surface area contributed by atoms with Gasteiger partial charge in [-0.05, 0) is 69.8 Å². The maximum absolute atomic E-state index is 5.86. The van der Waals surface area contributed by atoms with Gasteiger partial charge < -0.3 is 16.0 Å². The molecule has 0 aromatic carbocycles. The lowest BCUT2D eigenvalue weighted by Gasteiger charge is -2.16. The molecule has 1 aliphatic carbocycles. The lowest BCUT2D eigenvalue weighted by Crippen LogP contribution is -2.23. The molecule has 1 fully saturated rings. The first-order chi connectivity index (χ1) is 10.2. The Hall–Kier alpha value is -1.20. The zero-order chi connectivity index (χ0) is 14.7. The molecule has 1 saturated heterocycles. The lowest BCUT2D eigenvalue weighted by molar-refractivity contribution is 0.337. The molecule has 0 amide bonds. The van der Waals surface area contributed by atoms with Gasteiger partial charge in [0.05, 0.1) is 5.56 Å². The number of fused-ring (bicyclic) bond motifs is 1. The van der Waals surface area contributed by atoms with Crippen LogP contribution < -0.4 is 11.1 Å². The number of nitrogens with two attached hydrogens (primary N) is 1. The normalized spacial score (nSPS) is 17.9. The predicted molar refractivity (Wildman–Crippen MR) is 90.9 cm³/mol. The summed E-state index contributed by atoms with van der Waals surface area (Å²) in [7, 11) is 0. The molecule has 1 aliphatic heterocycles. The highest BCUT2D eigenvalue weighted by Gasteiger charge is 2.17. The van der Waals surface area contributed by atoms with E-state index in [0.29, 0.717) is 4.99 Å². The van der Waals surface area contributed by atoms with Crippen LogP contribution in [0.25, 0.3) is 0 Å². The summed E-state index contributed by atoms with van der Waals surface area (Å²) >= 11 is 5.18. The van der Waals surface area contributed by atoms with Crippen molar-refractivity contribution in [2.75, 3.05) is 31.5 Å². The molecule has 2 aliphatic rings. The molecular formula is C16H24N4S. The number of hydrogen-bond donors (Lipinski definition) is 2. The van der Waals surface area contributed by atoms with Gasteiger partial charge in [0.25, 0.3) is 0 Å². The molecule has 0 saturated carbocycles. The number of thiocarbonyl (C=S) groups is 1. The fourth-order valence-electron chi connectivity index (χ4n) is 3.31. The van der Waals surface area contributed by atoms with Crippen LogP contribution in [0.4, 0.5) is 5.82 Å². The number of anilines is 1. The van der Waals surface area contributed by atoms with Crippen molar-refractivity contribution >= 4 is 23.0 Å². The molecule has 0 bridgehead atoms. The van der Waals surface area contributed by atoms with Gasteiger partial charge in [0.1, 0.15) is 10.8 Å². The molecule has 3 N–H and O–H groups in total. The Bertz CT molecular complexity index is 523. The molecule has 0 atom stereocenters. The smallest absolute Gasteiger partial charge is 0.136 e. The number of aryl methyl sites for hydroxylation is 2. The molecule has 21 heavy (non-hydrogen) atoms. The number of likely N-dealkylation sites (tertiary alicyclic amines) is 1. The van der Waals surface area contributed by atoms with E-state index >= 15 is 0 Å². The first-order valence-corrected chi connectivity index (χ1v) is 8.43. The molecule has 1 aromatic heterocycles. The highest BCUT2D eigenvalue weighted by Crippen LogP contribution is 2.25. The van der Waals surface area contributed by atoms with Gasteiger partial charge in [-0.3, -0.25) is 0 Å². The summed E-state index contributed by atoms with van der Waals surface area (Å²) in [6, 6.07) is 2.14. The van der Waals surface area contributed by atoms with E-state index in [9.17, 15) is 0 Å². The number of aromatic nitrogens is 1. The summed E-state index contributed by atoms with van der Waals surface area (Å²) < 4.78 is 0. The average molecular weight is 304 g/mol. The van der Waals surface area contributed by atoms with Gasteiger partial charge in [-0.2, -0.15) is 0 Å². The Morgan fingerprint density at radius 2 is 2.10 bits per heavy atom. The molecule has 3 rings (SSSR count). The van der Waals surface area contributed by atoms with Crippen LogP contribution in [0.3, 0.4) is 0 Å². The molecule has 114 valence electrons. The van der Waals surface area contributed by atoms with Crippen LogP contribution in [0.1, 0.15) is 42.5 Å². The van der Waals surface area contributed by atoms with Crippen LogP contribution in [0.15, 0.2) is 6.07 Å². The summed E-state index contributed by atoms with van der Waals surface area (Å²) in [5, 5.41) is 3.44. The zero-order valence-electron chi connectivity index (χ0n) is 12.5. The Kier molecular flexibility index (Phi) is 4.70. The molecule has 4 nitrogen and oxygen atoms in total. The van der Waals surface area contributed by atoms with Crippen molar-refractivity contribution in [2.45, 2.75) is 38.5 Å². The number of hydrogen-bond acceptors (Lipinski definition) is 4. The first-order valence-electron chi connectivity index (χ1n) is 8.03. The second-order valence-electron chi connectivity index (χ2n) is 6.04. The topological polar surface area (TPSA) is 54.2 Å². The van der Waals surface area contributed by atoms with E-state index in [2.05, 4.69) is 16.3 Å². The molecule has 5 heteroatoms. The summed E-state index contributed by atoms with van der Waals surface area (Å²) in [4.78, 5) is 7.73. The van der Waals surface area contributed by atoms with E-state index in [4.69, 9.17) is 22.9 Å². The fraction of sp³-hybridized carbons (Fsp3) is 0.625. The summed E-state index contributed by atoms with van der Waals surface area (Å²) in [6.45, 7) is 4.61. The standard InChI is InChI=1S/C16H24N4S/c17-15(21)13-11-12-5-3-6-14(12)19-16(13)18-7-4-10-20-8-1-2-9-20/h11H,1-10H2,(H2,17,21)(H,18,19). The van der Waals surface area contributed by atoms with Gasteiger partial charge >= 0.3 is 0 Å². The minimum absolute atomic E-state index is 0.444. The lowest BCUT2D eigenvalue weighted by atomic mass is 10.1.